The molecule has 6 nitrogen and oxygen atoms in total. The van der Waals surface area contributed by atoms with E-state index in [9.17, 15) is 0 Å². The standard InChI is InChI=1S/C26H32N6/c1-21-9-8-16-29-24(21)19-31(17-7-5-14-27)20-26-30-23-11-2-3-12-25(23)32(26)18-13-22-10-4-6-15-28-22/h2-4,6,8-12,15-16H,5,7,13-14,17-20,27H2,1H3. The number of nitrogens with two attached hydrogens (primary N) is 1. The van der Waals surface area contributed by atoms with Gasteiger partial charge in [0.25, 0.3) is 0 Å². The van der Waals surface area contributed by atoms with E-state index in [-0.39, 0.29) is 0 Å². The van der Waals surface area contributed by atoms with Crippen LogP contribution in [0.15, 0.2) is 67.0 Å². The van der Waals surface area contributed by atoms with Gasteiger partial charge in [-0.3, -0.25) is 14.9 Å². The lowest BCUT2D eigenvalue weighted by molar-refractivity contribution is 0.239. The minimum absolute atomic E-state index is 0.721. The molecule has 3 heterocycles. The molecular weight excluding hydrogens is 396 g/mol. The zero-order valence-electron chi connectivity index (χ0n) is 18.8. The molecule has 0 saturated carbocycles. The van der Waals surface area contributed by atoms with Crippen LogP contribution in [0, 0.1) is 6.92 Å². The van der Waals surface area contributed by atoms with E-state index in [4.69, 9.17) is 10.7 Å². The van der Waals surface area contributed by atoms with Crippen LogP contribution in [0.4, 0.5) is 0 Å². The van der Waals surface area contributed by atoms with E-state index in [2.05, 4.69) is 62.8 Å². The van der Waals surface area contributed by atoms with Gasteiger partial charge in [-0.1, -0.05) is 24.3 Å². The molecule has 4 rings (SSSR count). The molecule has 0 saturated heterocycles. The zero-order chi connectivity index (χ0) is 22.2. The maximum absolute atomic E-state index is 5.76. The number of hydrogen-bond donors (Lipinski definition) is 1. The number of nitrogens with zero attached hydrogens (tertiary/aromatic N) is 5. The highest BCUT2D eigenvalue weighted by atomic mass is 15.2. The number of imidazole rings is 1. The Labute approximate surface area is 190 Å². The third kappa shape index (κ3) is 5.58. The summed E-state index contributed by atoms with van der Waals surface area (Å²) in [6.45, 7) is 6.25. The number of rotatable bonds is 11. The van der Waals surface area contributed by atoms with Crippen molar-refractivity contribution >= 4 is 11.0 Å². The summed E-state index contributed by atoms with van der Waals surface area (Å²) in [4.78, 5) is 16.6. The van der Waals surface area contributed by atoms with E-state index in [1.54, 1.807) is 0 Å². The largest absolute Gasteiger partial charge is 0.330 e. The maximum Gasteiger partial charge on any atom is 0.124 e. The van der Waals surface area contributed by atoms with Gasteiger partial charge in [0.2, 0.25) is 0 Å². The number of para-hydroxylation sites is 2. The van der Waals surface area contributed by atoms with Gasteiger partial charge < -0.3 is 10.3 Å². The third-order valence-corrected chi connectivity index (χ3v) is 5.84. The first-order chi connectivity index (χ1) is 15.7. The second-order valence-electron chi connectivity index (χ2n) is 8.21. The topological polar surface area (TPSA) is 72.9 Å². The smallest absolute Gasteiger partial charge is 0.124 e. The van der Waals surface area contributed by atoms with Gasteiger partial charge in [-0.25, -0.2) is 4.98 Å². The molecule has 6 heteroatoms. The second-order valence-corrected chi connectivity index (χ2v) is 8.21. The number of aryl methyl sites for hydroxylation is 3. The quantitative estimate of drug-likeness (QED) is 0.364. The number of fused-ring (bicyclic) bond motifs is 1. The van der Waals surface area contributed by atoms with E-state index in [0.717, 1.165) is 74.7 Å². The zero-order valence-corrected chi connectivity index (χ0v) is 18.8. The Hall–Kier alpha value is -3.09. The Kier molecular flexibility index (Phi) is 7.59. The third-order valence-electron chi connectivity index (χ3n) is 5.84. The number of aromatic nitrogens is 4. The molecule has 1 aromatic carbocycles. The molecule has 166 valence electrons. The SMILES string of the molecule is Cc1cccnc1CN(CCCCN)Cc1nc2ccccc2n1CCc1ccccn1. The van der Waals surface area contributed by atoms with E-state index in [0.29, 0.717) is 0 Å². The van der Waals surface area contributed by atoms with Gasteiger partial charge in [-0.2, -0.15) is 0 Å². The van der Waals surface area contributed by atoms with Crippen molar-refractivity contribution in [2.75, 3.05) is 13.1 Å². The van der Waals surface area contributed by atoms with Crippen LogP contribution in [0.2, 0.25) is 0 Å². The predicted molar refractivity (Wildman–Crippen MR) is 129 cm³/mol. The van der Waals surface area contributed by atoms with Crippen LogP contribution in [-0.4, -0.2) is 37.5 Å². The Morgan fingerprint density at radius 2 is 1.75 bits per heavy atom. The molecule has 0 unspecified atom stereocenters. The normalized spacial score (nSPS) is 11.5. The monoisotopic (exact) mass is 428 g/mol. The average Bonchev–Trinajstić information content (AvgIpc) is 3.17. The molecule has 0 radical (unpaired) electrons. The van der Waals surface area contributed by atoms with E-state index in [1.807, 2.05) is 30.6 Å². The summed E-state index contributed by atoms with van der Waals surface area (Å²) in [5.74, 6) is 1.09. The Bertz CT molecular complexity index is 1120. The predicted octanol–water partition coefficient (Wildman–Crippen LogP) is 4.12. The molecule has 2 N–H and O–H groups in total. The first kappa shape index (κ1) is 22.1. The van der Waals surface area contributed by atoms with Crippen LogP contribution in [0.5, 0.6) is 0 Å². The van der Waals surface area contributed by atoms with Crippen LogP contribution >= 0.6 is 0 Å². The fourth-order valence-corrected chi connectivity index (χ4v) is 4.06. The van der Waals surface area contributed by atoms with Crippen LogP contribution in [0.1, 0.15) is 35.6 Å². The lowest BCUT2D eigenvalue weighted by Crippen LogP contribution is -2.27. The summed E-state index contributed by atoms with van der Waals surface area (Å²) in [6, 6.07) is 18.6. The number of hydrogen-bond acceptors (Lipinski definition) is 5. The van der Waals surface area contributed by atoms with Gasteiger partial charge in [-0.15, -0.1) is 0 Å². The molecule has 0 bridgehead atoms. The minimum Gasteiger partial charge on any atom is -0.330 e. The fraction of sp³-hybridized carbons (Fsp3) is 0.346. The highest BCUT2D eigenvalue weighted by molar-refractivity contribution is 5.75. The van der Waals surface area contributed by atoms with Crippen molar-refractivity contribution in [3.63, 3.8) is 0 Å². The van der Waals surface area contributed by atoms with E-state index >= 15 is 0 Å². The van der Waals surface area contributed by atoms with Gasteiger partial charge in [0, 0.05) is 37.6 Å². The van der Waals surface area contributed by atoms with Gasteiger partial charge in [0.05, 0.1) is 23.3 Å². The molecule has 0 aliphatic heterocycles. The molecule has 4 aromatic rings. The summed E-state index contributed by atoms with van der Waals surface area (Å²) >= 11 is 0. The summed E-state index contributed by atoms with van der Waals surface area (Å²) in [5.41, 5.74) is 11.4. The number of benzene rings is 1. The minimum atomic E-state index is 0.721. The van der Waals surface area contributed by atoms with Gasteiger partial charge in [0.15, 0.2) is 0 Å². The van der Waals surface area contributed by atoms with Gasteiger partial charge in [0.1, 0.15) is 5.82 Å². The molecule has 0 aliphatic rings. The molecular formula is C26H32N6. The van der Waals surface area contributed by atoms with Crippen molar-refractivity contribution in [2.45, 2.75) is 45.8 Å². The van der Waals surface area contributed by atoms with Crippen LogP contribution < -0.4 is 5.73 Å². The lowest BCUT2D eigenvalue weighted by Gasteiger charge is -2.23. The number of unbranched alkanes of at least 4 members (excludes halogenated alkanes) is 1. The Balaban J connectivity index is 1.59. The maximum atomic E-state index is 5.76. The number of pyridine rings is 2. The fourth-order valence-electron chi connectivity index (χ4n) is 4.06. The van der Waals surface area contributed by atoms with Crippen LogP contribution in [-0.2, 0) is 26.1 Å². The second kappa shape index (κ2) is 11.0. The highest BCUT2D eigenvalue weighted by Gasteiger charge is 2.16. The molecule has 0 amide bonds. The van der Waals surface area contributed by atoms with Crippen molar-refractivity contribution in [3.05, 3.63) is 89.8 Å². The van der Waals surface area contributed by atoms with Crippen molar-refractivity contribution in [2.24, 2.45) is 5.73 Å². The van der Waals surface area contributed by atoms with Crippen molar-refractivity contribution < 1.29 is 0 Å². The van der Waals surface area contributed by atoms with Crippen molar-refractivity contribution in [1.82, 2.24) is 24.4 Å². The van der Waals surface area contributed by atoms with Gasteiger partial charge >= 0.3 is 0 Å². The van der Waals surface area contributed by atoms with Gasteiger partial charge in [-0.05, 0) is 68.8 Å². The molecule has 3 aromatic heterocycles. The molecule has 0 atom stereocenters. The molecule has 0 fully saturated rings. The molecule has 32 heavy (non-hydrogen) atoms. The summed E-state index contributed by atoms with van der Waals surface area (Å²) < 4.78 is 2.35. The molecule has 0 spiro atoms. The average molecular weight is 429 g/mol. The molecule has 0 aliphatic carbocycles. The highest BCUT2D eigenvalue weighted by Crippen LogP contribution is 2.20. The summed E-state index contributed by atoms with van der Waals surface area (Å²) in [6.07, 6.45) is 6.70. The summed E-state index contributed by atoms with van der Waals surface area (Å²) in [5, 5.41) is 0. The Morgan fingerprint density at radius 3 is 2.56 bits per heavy atom. The Morgan fingerprint density at radius 1 is 0.906 bits per heavy atom. The van der Waals surface area contributed by atoms with E-state index < -0.39 is 0 Å². The van der Waals surface area contributed by atoms with Crippen molar-refractivity contribution in [1.29, 1.82) is 0 Å². The first-order valence-electron chi connectivity index (χ1n) is 11.4. The van der Waals surface area contributed by atoms with Crippen LogP contribution in [0.3, 0.4) is 0 Å². The first-order valence-corrected chi connectivity index (χ1v) is 11.4. The summed E-state index contributed by atoms with van der Waals surface area (Å²) in [7, 11) is 0. The van der Waals surface area contributed by atoms with E-state index in [1.165, 1.54) is 11.1 Å². The van der Waals surface area contributed by atoms with Crippen LogP contribution in [0.25, 0.3) is 11.0 Å². The lowest BCUT2D eigenvalue weighted by atomic mass is 10.2. The van der Waals surface area contributed by atoms with Crippen molar-refractivity contribution in [3.8, 4) is 0 Å².